The third kappa shape index (κ3) is 1.04. The van der Waals surface area contributed by atoms with E-state index in [1.807, 2.05) is 0 Å². The zero-order valence-corrected chi connectivity index (χ0v) is 8.90. The summed E-state index contributed by atoms with van der Waals surface area (Å²) >= 11 is 6.15. The molecule has 2 aliphatic rings. The molecule has 0 aromatic carbocycles. The van der Waals surface area contributed by atoms with Crippen LogP contribution in [0.25, 0.3) is 0 Å². The summed E-state index contributed by atoms with van der Waals surface area (Å²) in [6, 6.07) is 0. The maximum atomic E-state index is 6.15. The molecule has 0 aromatic rings. The Kier molecular flexibility index (Phi) is 2.15. The summed E-state index contributed by atoms with van der Waals surface area (Å²) in [5, 5.41) is 0. The average Bonchev–Trinajstić information content (AvgIpc) is 2.62. The van der Waals surface area contributed by atoms with E-state index < -0.39 is 0 Å². The lowest BCUT2D eigenvalue weighted by molar-refractivity contribution is 0.124. The minimum atomic E-state index is 0.518. The first-order valence-corrected chi connectivity index (χ1v) is 5.78. The van der Waals surface area contributed by atoms with Gasteiger partial charge in [0.2, 0.25) is 0 Å². The monoisotopic (exact) mass is 186 g/mol. The van der Waals surface area contributed by atoms with Crippen LogP contribution >= 0.6 is 11.6 Å². The van der Waals surface area contributed by atoms with E-state index in [1.165, 1.54) is 25.7 Å². The average molecular weight is 187 g/mol. The molecule has 2 saturated carbocycles. The van der Waals surface area contributed by atoms with Crippen molar-refractivity contribution in [2.75, 3.05) is 5.88 Å². The predicted molar refractivity (Wildman–Crippen MR) is 53.4 cm³/mol. The molecule has 1 heteroatoms. The van der Waals surface area contributed by atoms with E-state index in [0.29, 0.717) is 5.41 Å². The Labute approximate surface area is 80.7 Å². The second-order valence-corrected chi connectivity index (χ2v) is 5.37. The maximum absolute atomic E-state index is 6.15. The molecule has 3 unspecified atom stereocenters. The summed E-state index contributed by atoms with van der Waals surface area (Å²) in [7, 11) is 0. The summed E-state index contributed by atoms with van der Waals surface area (Å²) in [5.41, 5.74) is 0.518. The fraction of sp³-hybridized carbons (Fsp3) is 1.00. The first-order chi connectivity index (χ1) is 5.69. The lowest BCUT2D eigenvalue weighted by Crippen LogP contribution is -2.35. The fourth-order valence-corrected chi connectivity index (χ4v) is 4.15. The van der Waals surface area contributed by atoms with E-state index in [0.717, 1.165) is 23.6 Å². The molecule has 2 fully saturated rings. The van der Waals surface area contributed by atoms with E-state index in [2.05, 4.69) is 13.8 Å². The van der Waals surface area contributed by atoms with Crippen LogP contribution in [0.2, 0.25) is 0 Å². The maximum Gasteiger partial charge on any atom is 0.0285 e. The van der Waals surface area contributed by atoms with Gasteiger partial charge in [0.05, 0.1) is 0 Å². The third-order valence-electron chi connectivity index (χ3n) is 4.42. The van der Waals surface area contributed by atoms with Gasteiger partial charge in [0.1, 0.15) is 0 Å². The van der Waals surface area contributed by atoms with Gasteiger partial charge in [0.25, 0.3) is 0 Å². The number of alkyl halides is 1. The Bertz CT molecular complexity index is 176. The van der Waals surface area contributed by atoms with Crippen LogP contribution in [0.3, 0.4) is 0 Å². The Morgan fingerprint density at radius 3 is 2.42 bits per heavy atom. The van der Waals surface area contributed by atoms with Crippen LogP contribution in [-0.4, -0.2) is 5.88 Å². The van der Waals surface area contributed by atoms with Gasteiger partial charge in [-0.2, -0.15) is 0 Å². The molecule has 3 atom stereocenters. The van der Waals surface area contributed by atoms with Gasteiger partial charge in [-0.25, -0.2) is 0 Å². The van der Waals surface area contributed by atoms with Crippen molar-refractivity contribution in [2.45, 2.75) is 39.5 Å². The number of fused-ring (bicyclic) bond motifs is 2. The van der Waals surface area contributed by atoms with Crippen LogP contribution in [0.1, 0.15) is 39.5 Å². The number of hydrogen-bond donors (Lipinski definition) is 0. The molecule has 0 radical (unpaired) electrons. The molecule has 70 valence electrons. The first kappa shape index (κ1) is 8.87. The lowest BCUT2D eigenvalue weighted by Gasteiger charge is -2.39. The highest BCUT2D eigenvalue weighted by molar-refractivity contribution is 6.18. The van der Waals surface area contributed by atoms with Crippen molar-refractivity contribution in [3.8, 4) is 0 Å². The zero-order valence-electron chi connectivity index (χ0n) is 8.15. The van der Waals surface area contributed by atoms with Crippen molar-refractivity contribution in [3.63, 3.8) is 0 Å². The minimum absolute atomic E-state index is 0.518. The fourth-order valence-electron chi connectivity index (χ4n) is 3.51. The van der Waals surface area contributed by atoms with Crippen LogP contribution in [0, 0.1) is 23.2 Å². The standard InChI is InChI=1S/C11H19Cl/c1-8(2)11(7-12)6-9-3-4-10(11)5-9/h8-10H,3-7H2,1-2H3. The van der Waals surface area contributed by atoms with Crippen molar-refractivity contribution in [3.05, 3.63) is 0 Å². The number of hydrogen-bond acceptors (Lipinski definition) is 0. The van der Waals surface area contributed by atoms with Crippen LogP contribution in [-0.2, 0) is 0 Å². The molecule has 0 heterocycles. The Hall–Kier alpha value is 0.290. The second kappa shape index (κ2) is 2.90. The molecule has 0 aromatic heterocycles. The molecular weight excluding hydrogens is 168 g/mol. The van der Waals surface area contributed by atoms with Crippen molar-refractivity contribution in [2.24, 2.45) is 23.2 Å². The van der Waals surface area contributed by atoms with Gasteiger partial charge >= 0.3 is 0 Å². The van der Waals surface area contributed by atoms with Gasteiger partial charge in [-0.3, -0.25) is 0 Å². The molecule has 12 heavy (non-hydrogen) atoms. The molecule has 0 aliphatic heterocycles. The summed E-state index contributed by atoms with van der Waals surface area (Å²) in [4.78, 5) is 0. The summed E-state index contributed by atoms with van der Waals surface area (Å²) in [5.74, 6) is 3.66. The molecule has 0 spiro atoms. The highest BCUT2D eigenvalue weighted by Gasteiger charge is 2.51. The van der Waals surface area contributed by atoms with Gasteiger partial charge in [0, 0.05) is 5.88 Å². The van der Waals surface area contributed by atoms with Crippen molar-refractivity contribution >= 4 is 11.6 Å². The van der Waals surface area contributed by atoms with E-state index in [-0.39, 0.29) is 0 Å². The van der Waals surface area contributed by atoms with Crippen molar-refractivity contribution in [1.82, 2.24) is 0 Å². The second-order valence-electron chi connectivity index (χ2n) is 5.10. The predicted octanol–water partition coefficient (Wildman–Crippen LogP) is 3.69. The molecule has 0 saturated heterocycles. The van der Waals surface area contributed by atoms with Crippen molar-refractivity contribution in [1.29, 1.82) is 0 Å². The van der Waals surface area contributed by atoms with E-state index >= 15 is 0 Å². The van der Waals surface area contributed by atoms with Gasteiger partial charge < -0.3 is 0 Å². The largest absolute Gasteiger partial charge is 0.126 e. The summed E-state index contributed by atoms with van der Waals surface area (Å²) in [6.45, 7) is 4.70. The topological polar surface area (TPSA) is 0 Å². The van der Waals surface area contributed by atoms with E-state index in [4.69, 9.17) is 11.6 Å². The highest BCUT2D eigenvalue weighted by atomic mass is 35.5. The molecule has 2 bridgehead atoms. The van der Waals surface area contributed by atoms with E-state index in [1.54, 1.807) is 0 Å². The quantitative estimate of drug-likeness (QED) is 0.578. The molecule has 0 nitrogen and oxygen atoms in total. The molecule has 0 N–H and O–H groups in total. The molecule has 2 rings (SSSR count). The zero-order chi connectivity index (χ0) is 8.77. The van der Waals surface area contributed by atoms with Gasteiger partial charge in [0.15, 0.2) is 0 Å². The summed E-state index contributed by atoms with van der Waals surface area (Å²) in [6.07, 6.45) is 5.83. The van der Waals surface area contributed by atoms with Gasteiger partial charge in [-0.15, -0.1) is 11.6 Å². The molecule has 0 amide bonds. The van der Waals surface area contributed by atoms with Gasteiger partial charge in [-0.05, 0) is 42.4 Å². The lowest BCUT2D eigenvalue weighted by atomic mass is 9.67. The first-order valence-electron chi connectivity index (χ1n) is 5.25. The molecule has 2 aliphatic carbocycles. The third-order valence-corrected chi connectivity index (χ3v) is 4.92. The molecular formula is C11H19Cl. The number of rotatable bonds is 2. The Morgan fingerprint density at radius 2 is 2.17 bits per heavy atom. The minimum Gasteiger partial charge on any atom is -0.126 e. The van der Waals surface area contributed by atoms with Gasteiger partial charge in [-0.1, -0.05) is 20.3 Å². The van der Waals surface area contributed by atoms with E-state index in [9.17, 15) is 0 Å². The SMILES string of the molecule is CC(C)C1(CCl)CC2CCC1C2. The number of halogens is 1. The van der Waals surface area contributed by atoms with Crippen LogP contribution in [0.5, 0.6) is 0 Å². The Balaban J connectivity index is 2.19. The smallest absolute Gasteiger partial charge is 0.0285 e. The van der Waals surface area contributed by atoms with Crippen LogP contribution < -0.4 is 0 Å². The van der Waals surface area contributed by atoms with Crippen molar-refractivity contribution < 1.29 is 0 Å². The van der Waals surface area contributed by atoms with Crippen LogP contribution in [0.15, 0.2) is 0 Å². The highest BCUT2D eigenvalue weighted by Crippen LogP contribution is 2.59. The normalized spacial score (nSPS) is 46.0. The summed E-state index contributed by atoms with van der Waals surface area (Å²) < 4.78 is 0. The van der Waals surface area contributed by atoms with Crippen LogP contribution in [0.4, 0.5) is 0 Å². The Morgan fingerprint density at radius 1 is 1.42 bits per heavy atom.